The number of amides is 1. The number of halogens is 3. The van der Waals surface area contributed by atoms with Gasteiger partial charge in [0.1, 0.15) is 5.88 Å². The number of alkyl halides is 1. The summed E-state index contributed by atoms with van der Waals surface area (Å²) < 4.78 is 0.205. The highest BCUT2D eigenvalue weighted by Gasteiger charge is 2.23. The summed E-state index contributed by atoms with van der Waals surface area (Å²) >= 11 is 14.6. The third-order valence-electron chi connectivity index (χ3n) is 3.03. The fraction of sp³-hybridized carbons (Fsp3) is 0.0667. The Kier molecular flexibility index (Phi) is 5.93. The van der Waals surface area contributed by atoms with Crippen LogP contribution >= 0.6 is 39.1 Å². The van der Waals surface area contributed by atoms with Gasteiger partial charge < -0.3 is 5.32 Å². The molecule has 6 nitrogen and oxygen atoms in total. The maximum absolute atomic E-state index is 12.7. The Morgan fingerprint density at radius 2 is 1.88 bits per heavy atom. The first-order valence-electron chi connectivity index (χ1n) is 6.48. The molecular weight excluding hydrogens is 423 g/mol. The number of benzene rings is 2. The van der Waals surface area contributed by atoms with Crippen LogP contribution in [-0.4, -0.2) is 22.5 Å². The van der Waals surface area contributed by atoms with E-state index in [1.807, 2.05) is 0 Å². The Morgan fingerprint density at radius 1 is 1.21 bits per heavy atom. The molecule has 0 saturated carbocycles. The molecule has 1 N–H and O–H groups in total. The molecule has 0 spiro atoms. The van der Waals surface area contributed by atoms with Crippen LogP contribution in [0.15, 0.2) is 40.9 Å². The van der Waals surface area contributed by atoms with Crippen molar-refractivity contribution in [1.29, 1.82) is 0 Å². The smallest absolute Gasteiger partial charge is 0.272 e. The van der Waals surface area contributed by atoms with Gasteiger partial charge in [-0.25, -0.2) is 0 Å². The molecule has 2 rings (SSSR count). The molecule has 2 aromatic carbocycles. The Hall–Kier alpha value is -1.96. The summed E-state index contributed by atoms with van der Waals surface area (Å²) in [7, 11) is 0. The summed E-state index contributed by atoms with van der Waals surface area (Å²) in [6.45, 7) is 0. The Balaban J connectivity index is 2.60. The minimum atomic E-state index is -0.661. The number of anilines is 1. The van der Waals surface area contributed by atoms with Gasteiger partial charge in [-0.3, -0.25) is 19.7 Å². The van der Waals surface area contributed by atoms with Gasteiger partial charge in [-0.2, -0.15) is 0 Å². The molecule has 0 aliphatic carbocycles. The number of nitro groups is 1. The molecule has 24 heavy (non-hydrogen) atoms. The molecule has 0 bridgehead atoms. The second-order valence-electron chi connectivity index (χ2n) is 4.60. The van der Waals surface area contributed by atoms with Crippen LogP contribution in [0.4, 0.5) is 11.4 Å². The standard InChI is InChI=1S/C15H9BrCl2N2O4/c16-14-10(15(22)9-3-1-2-4-11(9)18)5-8(20(23)24)6-12(14)19-13(21)7-17/h1-6H,7H2,(H,19,21). The van der Waals surface area contributed by atoms with Gasteiger partial charge in [-0.1, -0.05) is 23.7 Å². The van der Waals surface area contributed by atoms with Crippen LogP contribution in [0.3, 0.4) is 0 Å². The fourth-order valence-corrected chi connectivity index (χ4v) is 2.74. The molecule has 0 radical (unpaired) electrons. The van der Waals surface area contributed by atoms with Crippen LogP contribution < -0.4 is 5.32 Å². The van der Waals surface area contributed by atoms with Gasteiger partial charge in [0.25, 0.3) is 5.69 Å². The highest BCUT2D eigenvalue weighted by molar-refractivity contribution is 9.10. The molecule has 9 heteroatoms. The van der Waals surface area contributed by atoms with E-state index in [9.17, 15) is 19.7 Å². The summed E-state index contributed by atoms with van der Waals surface area (Å²) in [4.78, 5) is 34.6. The zero-order valence-electron chi connectivity index (χ0n) is 11.9. The number of rotatable bonds is 5. The van der Waals surface area contributed by atoms with Crippen LogP contribution in [-0.2, 0) is 4.79 Å². The van der Waals surface area contributed by atoms with Crippen molar-refractivity contribution in [1.82, 2.24) is 0 Å². The monoisotopic (exact) mass is 430 g/mol. The van der Waals surface area contributed by atoms with Gasteiger partial charge in [-0.15, -0.1) is 11.6 Å². The summed E-state index contributed by atoms with van der Waals surface area (Å²) in [5, 5.41) is 13.7. The SMILES string of the molecule is O=C(CCl)Nc1cc([N+](=O)[O-])cc(C(=O)c2ccccc2Cl)c1Br. The van der Waals surface area contributed by atoms with Crippen LogP contribution in [0.1, 0.15) is 15.9 Å². The van der Waals surface area contributed by atoms with E-state index in [4.69, 9.17) is 23.2 Å². The zero-order valence-corrected chi connectivity index (χ0v) is 15.0. The Bertz CT molecular complexity index is 842. The van der Waals surface area contributed by atoms with Gasteiger partial charge >= 0.3 is 0 Å². The lowest BCUT2D eigenvalue weighted by atomic mass is 10.0. The van der Waals surface area contributed by atoms with Crippen LogP contribution in [0, 0.1) is 10.1 Å². The summed E-state index contributed by atoms with van der Waals surface area (Å²) in [5.74, 6) is -1.41. The van der Waals surface area contributed by atoms with Crippen LogP contribution in [0.5, 0.6) is 0 Å². The molecule has 1 amide bonds. The number of carbonyl (C=O) groups excluding carboxylic acids is 2. The normalized spacial score (nSPS) is 10.3. The van der Waals surface area contributed by atoms with Gasteiger partial charge in [0, 0.05) is 23.3 Å². The van der Waals surface area contributed by atoms with Crippen molar-refractivity contribution >= 4 is 62.2 Å². The van der Waals surface area contributed by atoms with E-state index in [2.05, 4.69) is 21.2 Å². The topological polar surface area (TPSA) is 89.3 Å². The summed E-state index contributed by atoms with van der Waals surface area (Å²) in [6, 6.07) is 8.58. The number of hydrogen-bond donors (Lipinski definition) is 1. The van der Waals surface area contributed by atoms with E-state index in [0.717, 1.165) is 12.1 Å². The van der Waals surface area contributed by atoms with Crippen molar-refractivity contribution in [3.63, 3.8) is 0 Å². The van der Waals surface area contributed by atoms with Crippen molar-refractivity contribution in [2.45, 2.75) is 0 Å². The van der Waals surface area contributed by atoms with Crippen molar-refractivity contribution in [2.24, 2.45) is 0 Å². The summed E-state index contributed by atoms with van der Waals surface area (Å²) in [5.41, 5.74) is -0.0825. The molecule has 0 aliphatic rings. The number of non-ortho nitro benzene ring substituents is 1. The van der Waals surface area contributed by atoms with Crippen LogP contribution in [0.25, 0.3) is 0 Å². The molecule has 0 unspecified atom stereocenters. The molecule has 0 aromatic heterocycles. The molecule has 0 heterocycles. The average Bonchev–Trinajstić information content (AvgIpc) is 2.56. The highest BCUT2D eigenvalue weighted by Crippen LogP contribution is 2.34. The first kappa shape index (κ1) is 18.4. The van der Waals surface area contributed by atoms with E-state index < -0.39 is 16.6 Å². The molecule has 124 valence electrons. The lowest BCUT2D eigenvalue weighted by molar-refractivity contribution is -0.384. The Morgan fingerprint density at radius 3 is 2.46 bits per heavy atom. The van der Waals surface area contributed by atoms with Crippen molar-refractivity contribution in [3.05, 3.63) is 67.1 Å². The fourth-order valence-electron chi connectivity index (χ4n) is 1.94. The lowest BCUT2D eigenvalue weighted by Crippen LogP contribution is -2.14. The first-order valence-corrected chi connectivity index (χ1v) is 8.18. The van der Waals surface area contributed by atoms with E-state index in [-0.39, 0.29) is 37.9 Å². The predicted octanol–water partition coefficient (Wildman–Crippen LogP) is 4.42. The predicted molar refractivity (Wildman–Crippen MR) is 95.0 cm³/mol. The molecule has 0 aliphatic heterocycles. The first-order chi connectivity index (χ1) is 11.3. The third-order valence-corrected chi connectivity index (χ3v) is 4.45. The second kappa shape index (κ2) is 7.74. The molecular formula is C15H9BrCl2N2O4. The second-order valence-corrected chi connectivity index (χ2v) is 6.07. The van der Waals surface area contributed by atoms with Crippen molar-refractivity contribution in [2.75, 3.05) is 11.2 Å². The van der Waals surface area contributed by atoms with Gasteiger partial charge in [-0.05, 0) is 28.1 Å². The van der Waals surface area contributed by atoms with Gasteiger partial charge in [0.05, 0.1) is 20.1 Å². The molecule has 0 atom stereocenters. The Labute approximate surface area is 155 Å². The minimum Gasteiger partial charge on any atom is -0.324 e. The third kappa shape index (κ3) is 3.92. The summed E-state index contributed by atoms with van der Waals surface area (Å²) in [6.07, 6.45) is 0. The molecule has 2 aromatic rings. The number of ketones is 1. The number of nitrogens with one attached hydrogen (secondary N) is 1. The highest BCUT2D eigenvalue weighted by atomic mass is 79.9. The largest absolute Gasteiger partial charge is 0.324 e. The van der Waals surface area contributed by atoms with Crippen LogP contribution in [0.2, 0.25) is 5.02 Å². The number of hydrogen-bond acceptors (Lipinski definition) is 4. The van der Waals surface area contributed by atoms with E-state index >= 15 is 0 Å². The average molecular weight is 432 g/mol. The zero-order chi connectivity index (χ0) is 17.9. The van der Waals surface area contributed by atoms with Gasteiger partial charge in [0.2, 0.25) is 5.91 Å². The number of carbonyl (C=O) groups is 2. The molecule has 0 fully saturated rings. The van der Waals surface area contributed by atoms with E-state index in [1.54, 1.807) is 12.1 Å². The van der Waals surface area contributed by atoms with Crippen molar-refractivity contribution < 1.29 is 14.5 Å². The quantitative estimate of drug-likeness (QED) is 0.328. The van der Waals surface area contributed by atoms with E-state index in [1.165, 1.54) is 12.1 Å². The lowest BCUT2D eigenvalue weighted by Gasteiger charge is -2.11. The molecule has 0 saturated heterocycles. The van der Waals surface area contributed by atoms with E-state index in [0.29, 0.717) is 0 Å². The van der Waals surface area contributed by atoms with Gasteiger partial charge in [0.15, 0.2) is 5.78 Å². The maximum atomic E-state index is 12.7. The maximum Gasteiger partial charge on any atom is 0.272 e. The van der Waals surface area contributed by atoms with Crippen molar-refractivity contribution in [3.8, 4) is 0 Å². The number of nitro benzene ring substituents is 1. The number of nitrogens with zero attached hydrogens (tertiary/aromatic N) is 1. The minimum absolute atomic E-state index is 0.00201.